The Hall–Kier alpha value is -1.09. The van der Waals surface area contributed by atoms with Crippen LogP contribution in [0.3, 0.4) is 0 Å². The van der Waals surface area contributed by atoms with Crippen molar-refractivity contribution in [2.45, 2.75) is 52.0 Å². The summed E-state index contributed by atoms with van der Waals surface area (Å²) in [5.41, 5.74) is 0.976. The van der Waals surface area contributed by atoms with E-state index in [1.165, 1.54) is 25.7 Å². The lowest BCUT2D eigenvalue weighted by Gasteiger charge is -2.16. The molecule has 3 heteroatoms. The lowest BCUT2D eigenvalue weighted by Crippen LogP contribution is -2.19. The number of ether oxygens (including phenoxy) is 1. The summed E-state index contributed by atoms with van der Waals surface area (Å²) in [5.74, 6) is 0.758. The summed E-state index contributed by atoms with van der Waals surface area (Å²) >= 11 is 0. The van der Waals surface area contributed by atoms with Gasteiger partial charge in [0, 0.05) is 6.04 Å². The lowest BCUT2D eigenvalue weighted by molar-refractivity contribution is 0.242. The molecule has 0 saturated heterocycles. The minimum absolute atomic E-state index is 0.174. The maximum atomic E-state index is 14.1. The summed E-state index contributed by atoms with van der Waals surface area (Å²) in [6, 6.07) is 5.50. The van der Waals surface area contributed by atoms with Gasteiger partial charge in [-0.15, -0.1) is 0 Å². The van der Waals surface area contributed by atoms with Gasteiger partial charge < -0.3 is 10.1 Å². The molecule has 2 nitrogen and oxygen atoms in total. The number of rotatable bonds is 7. The van der Waals surface area contributed by atoms with Crippen molar-refractivity contribution in [3.05, 3.63) is 29.6 Å². The number of halogens is 1. The molecule has 0 aliphatic heterocycles. The topological polar surface area (TPSA) is 21.3 Å². The SMILES string of the molecule is CCCNC(C)c1ccc(OCC2CCCC2)c(F)c1. The molecule has 20 heavy (non-hydrogen) atoms. The Labute approximate surface area is 121 Å². The van der Waals surface area contributed by atoms with Gasteiger partial charge in [-0.1, -0.05) is 25.8 Å². The van der Waals surface area contributed by atoms with Crippen LogP contribution in [0.1, 0.15) is 57.6 Å². The molecular formula is C17H26FNO. The van der Waals surface area contributed by atoms with Crippen molar-refractivity contribution in [2.24, 2.45) is 5.92 Å². The van der Waals surface area contributed by atoms with Crippen molar-refractivity contribution in [3.8, 4) is 5.75 Å². The lowest BCUT2D eigenvalue weighted by atomic mass is 10.1. The number of hydrogen-bond acceptors (Lipinski definition) is 2. The third kappa shape index (κ3) is 4.20. The molecular weight excluding hydrogens is 253 g/mol. The molecule has 0 spiro atoms. The van der Waals surface area contributed by atoms with E-state index in [1.54, 1.807) is 12.1 Å². The first-order valence-electron chi connectivity index (χ1n) is 7.86. The zero-order valence-corrected chi connectivity index (χ0v) is 12.6. The largest absolute Gasteiger partial charge is 0.490 e. The number of benzene rings is 1. The van der Waals surface area contributed by atoms with Crippen molar-refractivity contribution in [2.75, 3.05) is 13.2 Å². The highest BCUT2D eigenvalue weighted by Crippen LogP contribution is 2.27. The summed E-state index contributed by atoms with van der Waals surface area (Å²) in [4.78, 5) is 0. The van der Waals surface area contributed by atoms with Gasteiger partial charge in [0.2, 0.25) is 0 Å². The van der Waals surface area contributed by atoms with E-state index in [0.29, 0.717) is 18.3 Å². The molecule has 0 bridgehead atoms. The predicted molar refractivity (Wildman–Crippen MR) is 80.6 cm³/mol. The highest BCUT2D eigenvalue weighted by molar-refractivity contribution is 5.30. The van der Waals surface area contributed by atoms with Crippen LogP contribution < -0.4 is 10.1 Å². The Balaban J connectivity index is 1.91. The van der Waals surface area contributed by atoms with Crippen LogP contribution in [0.15, 0.2) is 18.2 Å². The zero-order chi connectivity index (χ0) is 14.4. The van der Waals surface area contributed by atoms with Crippen molar-refractivity contribution < 1.29 is 9.13 Å². The van der Waals surface area contributed by atoms with Gasteiger partial charge in [-0.3, -0.25) is 0 Å². The number of hydrogen-bond donors (Lipinski definition) is 1. The van der Waals surface area contributed by atoms with Crippen molar-refractivity contribution in [3.63, 3.8) is 0 Å². The Morgan fingerprint density at radius 2 is 2.10 bits per heavy atom. The van der Waals surface area contributed by atoms with Crippen LogP contribution in [0.5, 0.6) is 5.75 Å². The summed E-state index contributed by atoms with van der Waals surface area (Å²) in [5, 5.41) is 3.36. The van der Waals surface area contributed by atoms with Crippen molar-refractivity contribution in [1.29, 1.82) is 0 Å². The minimum Gasteiger partial charge on any atom is -0.490 e. The van der Waals surface area contributed by atoms with Crippen LogP contribution in [0, 0.1) is 11.7 Å². The summed E-state index contributed by atoms with van der Waals surface area (Å²) in [6.45, 7) is 5.78. The summed E-state index contributed by atoms with van der Waals surface area (Å²) < 4.78 is 19.7. The van der Waals surface area contributed by atoms with Crippen LogP contribution in [-0.2, 0) is 0 Å². The van der Waals surface area contributed by atoms with Gasteiger partial charge in [-0.2, -0.15) is 0 Å². The minimum atomic E-state index is -0.245. The van der Waals surface area contributed by atoms with Gasteiger partial charge in [0.15, 0.2) is 11.6 Å². The molecule has 1 aliphatic rings. The van der Waals surface area contributed by atoms with Gasteiger partial charge in [0.1, 0.15) is 0 Å². The van der Waals surface area contributed by atoms with E-state index in [2.05, 4.69) is 19.2 Å². The quantitative estimate of drug-likeness (QED) is 0.796. The average molecular weight is 279 g/mol. The fourth-order valence-corrected chi connectivity index (χ4v) is 2.77. The van der Waals surface area contributed by atoms with Crippen LogP contribution in [0.25, 0.3) is 0 Å². The van der Waals surface area contributed by atoms with E-state index in [-0.39, 0.29) is 11.9 Å². The molecule has 1 saturated carbocycles. The molecule has 1 unspecified atom stereocenters. The number of nitrogens with one attached hydrogen (secondary N) is 1. The highest BCUT2D eigenvalue weighted by atomic mass is 19.1. The third-order valence-corrected chi connectivity index (χ3v) is 4.11. The first-order valence-corrected chi connectivity index (χ1v) is 7.86. The Bertz CT molecular complexity index is 415. The molecule has 1 N–H and O–H groups in total. The molecule has 1 aromatic rings. The van der Waals surface area contributed by atoms with E-state index >= 15 is 0 Å². The second-order valence-electron chi connectivity index (χ2n) is 5.83. The normalized spacial score (nSPS) is 17.4. The smallest absolute Gasteiger partial charge is 0.165 e. The first kappa shape index (κ1) is 15.3. The maximum Gasteiger partial charge on any atom is 0.165 e. The standard InChI is InChI=1S/C17H26FNO/c1-3-10-19-13(2)15-8-9-17(16(18)11-15)20-12-14-6-4-5-7-14/h8-9,11,13-14,19H,3-7,10,12H2,1-2H3. The molecule has 0 heterocycles. The zero-order valence-electron chi connectivity index (χ0n) is 12.6. The van der Waals surface area contributed by atoms with Gasteiger partial charge >= 0.3 is 0 Å². The molecule has 112 valence electrons. The van der Waals surface area contributed by atoms with Crippen LogP contribution >= 0.6 is 0 Å². The average Bonchev–Trinajstić information content (AvgIpc) is 2.96. The van der Waals surface area contributed by atoms with Crippen LogP contribution in [0.4, 0.5) is 4.39 Å². The molecule has 1 aliphatic carbocycles. The summed E-state index contributed by atoms with van der Waals surface area (Å²) in [7, 11) is 0. The van der Waals surface area contributed by atoms with E-state index in [0.717, 1.165) is 18.5 Å². The molecule has 2 rings (SSSR count). The Morgan fingerprint density at radius 1 is 1.35 bits per heavy atom. The predicted octanol–water partition coefficient (Wildman–Crippen LogP) is 4.46. The summed E-state index contributed by atoms with van der Waals surface area (Å²) in [6.07, 6.45) is 6.09. The van der Waals surface area contributed by atoms with Gasteiger partial charge in [-0.05, 0) is 56.3 Å². The molecule has 0 amide bonds. The van der Waals surface area contributed by atoms with Crippen LogP contribution in [0.2, 0.25) is 0 Å². The molecule has 1 aromatic carbocycles. The van der Waals surface area contributed by atoms with Crippen molar-refractivity contribution >= 4 is 0 Å². The van der Waals surface area contributed by atoms with E-state index in [4.69, 9.17) is 4.74 Å². The second kappa shape index (κ2) is 7.63. The molecule has 0 radical (unpaired) electrons. The molecule has 1 atom stereocenters. The van der Waals surface area contributed by atoms with Gasteiger partial charge in [0.05, 0.1) is 6.61 Å². The van der Waals surface area contributed by atoms with E-state index in [1.807, 2.05) is 6.07 Å². The van der Waals surface area contributed by atoms with E-state index in [9.17, 15) is 4.39 Å². The third-order valence-electron chi connectivity index (χ3n) is 4.11. The Kier molecular flexibility index (Phi) is 5.84. The second-order valence-corrected chi connectivity index (χ2v) is 5.83. The maximum absolute atomic E-state index is 14.1. The van der Waals surface area contributed by atoms with Crippen LogP contribution in [-0.4, -0.2) is 13.2 Å². The monoisotopic (exact) mass is 279 g/mol. The van der Waals surface area contributed by atoms with Gasteiger partial charge in [-0.25, -0.2) is 4.39 Å². The first-order chi connectivity index (χ1) is 9.70. The van der Waals surface area contributed by atoms with Gasteiger partial charge in [0.25, 0.3) is 0 Å². The van der Waals surface area contributed by atoms with E-state index < -0.39 is 0 Å². The fraction of sp³-hybridized carbons (Fsp3) is 0.647. The fourth-order valence-electron chi connectivity index (χ4n) is 2.77. The molecule has 1 fully saturated rings. The van der Waals surface area contributed by atoms with Crippen molar-refractivity contribution in [1.82, 2.24) is 5.32 Å². The Morgan fingerprint density at radius 3 is 2.75 bits per heavy atom. The molecule has 0 aromatic heterocycles. The highest BCUT2D eigenvalue weighted by Gasteiger charge is 2.16.